The molecule has 0 fully saturated rings. The standard InChI is InChI=1S/C21H18ClN3O5/c22-15-6-13-8-16(21(29)30)20(28)25-19(13)14(7-15)11-24-18(27)9-17(26)23-10-12-4-2-1-3-5-12/h1-8H,9-11H2,(H,23,26)(H,24,27)(H,25,28)(H,29,30). The summed E-state index contributed by atoms with van der Waals surface area (Å²) in [7, 11) is 0. The van der Waals surface area contributed by atoms with Crippen LogP contribution >= 0.6 is 11.6 Å². The highest BCUT2D eigenvalue weighted by Crippen LogP contribution is 2.22. The maximum atomic E-state index is 12.1. The van der Waals surface area contributed by atoms with E-state index in [4.69, 9.17) is 16.7 Å². The minimum absolute atomic E-state index is 0.00418. The van der Waals surface area contributed by atoms with Crippen LogP contribution in [0.25, 0.3) is 10.9 Å². The molecule has 0 aliphatic rings. The van der Waals surface area contributed by atoms with E-state index in [1.165, 1.54) is 12.1 Å². The predicted molar refractivity (Wildman–Crippen MR) is 111 cm³/mol. The zero-order valence-electron chi connectivity index (χ0n) is 15.7. The number of hydrogen-bond acceptors (Lipinski definition) is 4. The van der Waals surface area contributed by atoms with Gasteiger partial charge >= 0.3 is 5.97 Å². The first-order valence-corrected chi connectivity index (χ1v) is 9.37. The van der Waals surface area contributed by atoms with Crippen LogP contribution in [0.2, 0.25) is 5.02 Å². The number of pyridine rings is 1. The predicted octanol–water partition coefficient (Wildman–Crippen LogP) is 2.20. The number of carbonyl (C=O) groups is 3. The van der Waals surface area contributed by atoms with Crippen molar-refractivity contribution < 1.29 is 19.5 Å². The molecule has 3 rings (SSSR count). The van der Waals surface area contributed by atoms with Crippen LogP contribution in [0.3, 0.4) is 0 Å². The Bertz CT molecular complexity index is 1170. The number of aromatic amines is 1. The molecular weight excluding hydrogens is 410 g/mol. The molecule has 1 aromatic heterocycles. The first-order valence-electron chi connectivity index (χ1n) is 8.99. The number of carboxylic acid groups (broad SMARTS) is 1. The summed E-state index contributed by atoms with van der Waals surface area (Å²) in [5.74, 6) is -2.28. The van der Waals surface area contributed by atoms with Crippen molar-refractivity contribution in [1.82, 2.24) is 15.6 Å². The van der Waals surface area contributed by atoms with Crippen molar-refractivity contribution in [2.45, 2.75) is 19.5 Å². The molecule has 0 saturated carbocycles. The number of amides is 2. The topological polar surface area (TPSA) is 128 Å². The number of benzene rings is 2. The molecule has 3 aromatic rings. The summed E-state index contributed by atoms with van der Waals surface area (Å²) in [6.45, 7) is 0.323. The second-order valence-corrected chi connectivity index (χ2v) is 7.00. The van der Waals surface area contributed by atoms with Gasteiger partial charge in [0.15, 0.2) is 0 Å². The zero-order valence-corrected chi connectivity index (χ0v) is 16.5. The first kappa shape index (κ1) is 21.1. The summed E-state index contributed by atoms with van der Waals surface area (Å²) in [6.07, 6.45) is -0.356. The second-order valence-electron chi connectivity index (χ2n) is 6.56. The SMILES string of the molecule is O=C(CC(=O)NCc1cc(Cl)cc2cc(C(=O)O)c(=O)[nH]c12)NCc1ccccc1. The molecule has 0 bridgehead atoms. The number of aromatic carboxylic acids is 1. The lowest BCUT2D eigenvalue weighted by Crippen LogP contribution is -2.31. The normalized spacial score (nSPS) is 10.6. The van der Waals surface area contributed by atoms with Crippen LogP contribution < -0.4 is 16.2 Å². The van der Waals surface area contributed by atoms with Gasteiger partial charge in [-0.1, -0.05) is 41.9 Å². The van der Waals surface area contributed by atoms with E-state index < -0.39 is 28.9 Å². The number of aromatic nitrogens is 1. The summed E-state index contributed by atoms with van der Waals surface area (Å²) in [4.78, 5) is 49.7. The van der Waals surface area contributed by atoms with Gasteiger partial charge in [-0.2, -0.15) is 0 Å². The fourth-order valence-corrected chi connectivity index (χ4v) is 3.16. The minimum atomic E-state index is -1.35. The molecule has 2 aromatic carbocycles. The van der Waals surface area contributed by atoms with Crippen LogP contribution in [-0.2, 0) is 22.7 Å². The number of fused-ring (bicyclic) bond motifs is 1. The lowest BCUT2D eigenvalue weighted by Gasteiger charge is -2.10. The van der Waals surface area contributed by atoms with E-state index in [0.29, 0.717) is 28.0 Å². The molecule has 0 spiro atoms. The van der Waals surface area contributed by atoms with Crippen molar-refractivity contribution in [2.75, 3.05) is 0 Å². The average molecular weight is 428 g/mol. The smallest absolute Gasteiger partial charge is 0.341 e. The van der Waals surface area contributed by atoms with Crippen molar-refractivity contribution in [2.24, 2.45) is 0 Å². The van der Waals surface area contributed by atoms with Crippen LogP contribution in [0.15, 0.2) is 53.3 Å². The van der Waals surface area contributed by atoms with Gasteiger partial charge in [-0.25, -0.2) is 4.79 Å². The number of carboxylic acids is 1. The van der Waals surface area contributed by atoms with Crippen LogP contribution in [0.5, 0.6) is 0 Å². The van der Waals surface area contributed by atoms with Crippen LogP contribution in [0.4, 0.5) is 0 Å². The molecule has 0 saturated heterocycles. The van der Waals surface area contributed by atoms with E-state index in [0.717, 1.165) is 5.56 Å². The molecule has 0 atom stereocenters. The van der Waals surface area contributed by atoms with Crippen molar-refractivity contribution in [3.63, 3.8) is 0 Å². The summed E-state index contributed by atoms with van der Waals surface area (Å²) in [5.41, 5.74) is 0.606. The van der Waals surface area contributed by atoms with E-state index in [1.54, 1.807) is 6.07 Å². The molecule has 0 unspecified atom stereocenters. The molecule has 0 radical (unpaired) electrons. The van der Waals surface area contributed by atoms with Gasteiger partial charge in [0, 0.05) is 23.5 Å². The lowest BCUT2D eigenvalue weighted by atomic mass is 10.1. The van der Waals surface area contributed by atoms with Crippen molar-refractivity contribution in [3.05, 3.63) is 80.6 Å². The number of H-pyrrole nitrogens is 1. The van der Waals surface area contributed by atoms with Crippen molar-refractivity contribution in [3.8, 4) is 0 Å². The molecule has 154 valence electrons. The highest BCUT2D eigenvalue weighted by Gasteiger charge is 2.14. The zero-order chi connectivity index (χ0) is 21.7. The number of nitrogens with one attached hydrogen (secondary N) is 3. The van der Waals surface area contributed by atoms with E-state index >= 15 is 0 Å². The van der Waals surface area contributed by atoms with E-state index in [9.17, 15) is 19.2 Å². The molecule has 2 amide bonds. The third-order valence-corrected chi connectivity index (χ3v) is 4.58. The van der Waals surface area contributed by atoms with Gasteiger partial charge in [-0.05, 0) is 29.3 Å². The van der Waals surface area contributed by atoms with Gasteiger partial charge in [-0.3, -0.25) is 14.4 Å². The average Bonchev–Trinajstić information content (AvgIpc) is 2.71. The van der Waals surface area contributed by atoms with E-state index in [1.807, 2.05) is 30.3 Å². The molecule has 0 aliphatic carbocycles. The first-order chi connectivity index (χ1) is 14.3. The van der Waals surface area contributed by atoms with Gasteiger partial charge in [0.2, 0.25) is 11.8 Å². The highest BCUT2D eigenvalue weighted by atomic mass is 35.5. The molecule has 9 heteroatoms. The molecule has 30 heavy (non-hydrogen) atoms. The van der Waals surface area contributed by atoms with Crippen molar-refractivity contribution >= 4 is 40.3 Å². The van der Waals surface area contributed by atoms with Gasteiger partial charge in [0.05, 0.1) is 5.52 Å². The minimum Gasteiger partial charge on any atom is -0.477 e. The molecule has 4 N–H and O–H groups in total. The molecule has 1 heterocycles. The number of halogens is 1. The number of rotatable bonds is 7. The highest BCUT2D eigenvalue weighted by molar-refractivity contribution is 6.31. The Hall–Kier alpha value is -3.65. The van der Waals surface area contributed by atoms with Crippen LogP contribution in [0, 0.1) is 0 Å². The number of hydrogen-bond donors (Lipinski definition) is 4. The fourth-order valence-electron chi connectivity index (χ4n) is 2.91. The Morgan fingerprint density at radius 3 is 2.30 bits per heavy atom. The summed E-state index contributed by atoms with van der Waals surface area (Å²) in [6, 6.07) is 13.6. The Morgan fingerprint density at radius 2 is 1.63 bits per heavy atom. The van der Waals surface area contributed by atoms with E-state index in [-0.39, 0.29) is 13.0 Å². The summed E-state index contributed by atoms with van der Waals surface area (Å²) >= 11 is 6.08. The van der Waals surface area contributed by atoms with Crippen LogP contribution in [-0.4, -0.2) is 27.9 Å². The quantitative estimate of drug-likeness (QED) is 0.430. The van der Waals surface area contributed by atoms with Gasteiger partial charge in [0.25, 0.3) is 5.56 Å². The van der Waals surface area contributed by atoms with Gasteiger partial charge in [0.1, 0.15) is 12.0 Å². The fraction of sp³-hybridized carbons (Fsp3) is 0.143. The Morgan fingerprint density at radius 1 is 0.967 bits per heavy atom. The maximum absolute atomic E-state index is 12.1. The third-order valence-electron chi connectivity index (χ3n) is 4.36. The summed E-state index contributed by atoms with van der Waals surface area (Å²) in [5, 5.41) is 15.1. The third kappa shape index (κ3) is 5.24. The Balaban J connectivity index is 1.65. The largest absolute Gasteiger partial charge is 0.477 e. The van der Waals surface area contributed by atoms with Gasteiger partial charge < -0.3 is 20.7 Å². The molecule has 8 nitrogen and oxygen atoms in total. The second kappa shape index (κ2) is 9.23. The van der Waals surface area contributed by atoms with Crippen molar-refractivity contribution in [1.29, 1.82) is 0 Å². The van der Waals surface area contributed by atoms with Gasteiger partial charge in [-0.15, -0.1) is 0 Å². The van der Waals surface area contributed by atoms with E-state index in [2.05, 4.69) is 15.6 Å². The maximum Gasteiger partial charge on any atom is 0.341 e. The van der Waals surface area contributed by atoms with Crippen LogP contribution in [0.1, 0.15) is 27.9 Å². The molecular formula is C21H18ClN3O5. The number of carbonyl (C=O) groups excluding carboxylic acids is 2. The Kier molecular flexibility index (Phi) is 6.48. The lowest BCUT2D eigenvalue weighted by molar-refractivity contribution is -0.129. The summed E-state index contributed by atoms with van der Waals surface area (Å²) < 4.78 is 0. The Labute approximate surface area is 175 Å². The monoisotopic (exact) mass is 427 g/mol. The molecule has 0 aliphatic heterocycles.